The van der Waals surface area contributed by atoms with Gasteiger partial charge in [-0.2, -0.15) is 26.3 Å². The zero-order valence-corrected chi connectivity index (χ0v) is 33.6. The first kappa shape index (κ1) is 46.2. The van der Waals surface area contributed by atoms with E-state index in [0.29, 0.717) is 0 Å². The van der Waals surface area contributed by atoms with Gasteiger partial charge in [-0.15, -0.1) is 0 Å². The summed E-state index contributed by atoms with van der Waals surface area (Å²) in [5, 5.41) is 4.71. The maximum absolute atomic E-state index is 14.4. The van der Waals surface area contributed by atoms with Gasteiger partial charge in [0.25, 0.3) is 23.6 Å². The third-order valence-corrected chi connectivity index (χ3v) is 9.14. The lowest BCUT2D eigenvalue weighted by atomic mass is 9.91. The summed E-state index contributed by atoms with van der Waals surface area (Å²) in [6.07, 6.45) is -9.37. The zero-order chi connectivity index (χ0) is 44.4. The molecule has 322 valence electrons. The van der Waals surface area contributed by atoms with Gasteiger partial charge < -0.3 is 39.4 Å². The monoisotopic (exact) mass is 846 g/mol. The van der Waals surface area contributed by atoms with Crippen molar-refractivity contribution in [3.63, 3.8) is 0 Å². The number of hydrogen-bond donors (Lipinski definition) is 2. The number of nitrogens with zero attached hydrogens (tertiary/aromatic N) is 2. The molecule has 12 nitrogen and oxygen atoms in total. The standard InChI is InChI=1S/C42H44F6N4O8/c1-7-51(8-2)39(55)29-17-19-31(57-5)37(59-23-33(53)49-27-15-11-13-25(21-27)41(43,44)45)35(29)36-30(40(56)52(9-3)10-4)18-20-32(58-6)38(36)60-24-34(54)50-28-16-12-14-26(22-28)42(46,47)48/h11-22H,7-10,23-24H2,1-6H3,(H,49,53)(H,50,54). The Kier molecular flexibility index (Phi) is 15.4. The Balaban J connectivity index is 1.94. The summed E-state index contributed by atoms with van der Waals surface area (Å²) in [7, 11) is 2.53. The van der Waals surface area contributed by atoms with E-state index in [1.807, 2.05) is 0 Å². The van der Waals surface area contributed by atoms with Crippen LogP contribution in [0.25, 0.3) is 11.1 Å². The SMILES string of the molecule is CCN(CC)C(=O)c1ccc(OC)c(OCC(=O)Nc2cccc(C(F)(F)F)c2)c1-c1c(C(=O)N(CC)CC)ccc(OC)c1OCC(=O)Nc1cccc(C(F)(F)F)c1. The average Bonchev–Trinajstić information content (AvgIpc) is 3.21. The zero-order valence-electron chi connectivity index (χ0n) is 33.6. The fourth-order valence-electron chi connectivity index (χ4n) is 6.17. The molecule has 0 unspecified atom stereocenters. The van der Waals surface area contributed by atoms with Crippen LogP contribution in [0.15, 0.2) is 72.8 Å². The van der Waals surface area contributed by atoms with Gasteiger partial charge in [-0.05, 0) is 88.4 Å². The molecule has 60 heavy (non-hydrogen) atoms. The van der Waals surface area contributed by atoms with Crippen molar-refractivity contribution >= 4 is 35.0 Å². The smallest absolute Gasteiger partial charge is 0.416 e. The molecule has 0 aliphatic rings. The maximum atomic E-state index is 14.4. The molecule has 18 heteroatoms. The van der Waals surface area contributed by atoms with Gasteiger partial charge in [-0.25, -0.2) is 0 Å². The first-order valence-corrected chi connectivity index (χ1v) is 18.6. The molecule has 4 amide bonds. The number of alkyl halides is 6. The first-order chi connectivity index (χ1) is 28.4. The Hall–Kier alpha value is -6.46. The summed E-state index contributed by atoms with van der Waals surface area (Å²) in [5.41, 5.74) is -2.81. The Morgan fingerprint density at radius 1 is 0.550 bits per heavy atom. The molecule has 0 saturated heterocycles. The highest BCUT2D eigenvalue weighted by molar-refractivity contribution is 6.10. The van der Waals surface area contributed by atoms with Crippen molar-refractivity contribution in [3.8, 4) is 34.1 Å². The van der Waals surface area contributed by atoms with Crippen LogP contribution >= 0.6 is 0 Å². The molecule has 0 radical (unpaired) electrons. The fraction of sp³-hybridized carbons (Fsp3) is 0.333. The molecule has 0 spiro atoms. The highest BCUT2D eigenvalue weighted by atomic mass is 19.4. The van der Waals surface area contributed by atoms with E-state index in [-0.39, 0.29) is 82.8 Å². The quantitative estimate of drug-likeness (QED) is 0.101. The van der Waals surface area contributed by atoms with Crippen molar-refractivity contribution in [1.29, 1.82) is 0 Å². The molecule has 0 aromatic heterocycles. The second kappa shape index (κ2) is 20.0. The highest BCUT2D eigenvalue weighted by Crippen LogP contribution is 2.50. The number of halogens is 6. The van der Waals surface area contributed by atoms with Crippen molar-refractivity contribution in [1.82, 2.24) is 9.80 Å². The summed E-state index contributed by atoms with van der Waals surface area (Å²) < 4.78 is 104. The lowest BCUT2D eigenvalue weighted by Crippen LogP contribution is -2.32. The molecule has 4 aromatic rings. The molecule has 0 heterocycles. The van der Waals surface area contributed by atoms with E-state index in [2.05, 4.69) is 10.6 Å². The third-order valence-electron chi connectivity index (χ3n) is 9.14. The van der Waals surface area contributed by atoms with Crippen LogP contribution in [0.3, 0.4) is 0 Å². The van der Waals surface area contributed by atoms with E-state index >= 15 is 0 Å². The minimum Gasteiger partial charge on any atom is -0.493 e. The van der Waals surface area contributed by atoms with Crippen LogP contribution in [0, 0.1) is 0 Å². The first-order valence-electron chi connectivity index (χ1n) is 18.6. The van der Waals surface area contributed by atoms with E-state index < -0.39 is 60.3 Å². The van der Waals surface area contributed by atoms with Crippen LogP contribution in [-0.2, 0) is 21.9 Å². The minimum atomic E-state index is -4.69. The van der Waals surface area contributed by atoms with E-state index in [9.17, 15) is 45.5 Å². The average molecular weight is 847 g/mol. The van der Waals surface area contributed by atoms with Crippen LogP contribution in [0.1, 0.15) is 59.5 Å². The molecule has 0 bridgehead atoms. The molecule has 0 saturated carbocycles. The number of benzene rings is 4. The third kappa shape index (κ3) is 11.0. The van der Waals surface area contributed by atoms with Gasteiger partial charge in [0.2, 0.25) is 0 Å². The van der Waals surface area contributed by atoms with Crippen LogP contribution in [0.4, 0.5) is 37.7 Å². The largest absolute Gasteiger partial charge is 0.493 e. The topological polar surface area (TPSA) is 136 Å². The molecule has 0 aliphatic carbocycles. The van der Waals surface area contributed by atoms with Gasteiger partial charge >= 0.3 is 12.4 Å². The number of methoxy groups -OCH3 is 2. The Morgan fingerprint density at radius 2 is 0.900 bits per heavy atom. The van der Waals surface area contributed by atoms with Gasteiger partial charge in [0, 0.05) is 48.7 Å². The molecule has 0 aliphatic heterocycles. The number of amides is 4. The molecule has 4 rings (SSSR count). The molecular formula is C42H44F6N4O8. The summed E-state index contributed by atoms with van der Waals surface area (Å²) in [5.74, 6) is -3.58. The van der Waals surface area contributed by atoms with Gasteiger partial charge in [-0.3, -0.25) is 19.2 Å². The normalized spacial score (nSPS) is 11.3. The summed E-state index contributed by atoms with van der Waals surface area (Å²) in [4.78, 5) is 58.2. The van der Waals surface area contributed by atoms with Gasteiger partial charge in [0.1, 0.15) is 0 Å². The number of ether oxygens (including phenoxy) is 4. The summed E-state index contributed by atoms with van der Waals surface area (Å²) >= 11 is 0. The molecule has 2 N–H and O–H groups in total. The van der Waals surface area contributed by atoms with Crippen molar-refractivity contribution in [2.24, 2.45) is 0 Å². The second-order valence-corrected chi connectivity index (χ2v) is 12.8. The lowest BCUT2D eigenvalue weighted by molar-refractivity contribution is -0.138. The Labute approximate surface area is 342 Å². The van der Waals surface area contributed by atoms with Gasteiger partial charge in [-0.1, -0.05) is 12.1 Å². The maximum Gasteiger partial charge on any atom is 0.416 e. The van der Waals surface area contributed by atoms with E-state index in [1.165, 1.54) is 60.4 Å². The number of hydrogen-bond acceptors (Lipinski definition) is 8. The fourth-order valence-corrected chi connectivity index (χ4v) is 6.17. The molecule has 0 fully saturated rings. The Bertz CT molecular complexity index is 2030. The minimum absolute atomic E-state index is 0.0507. The van der Waals surface area contributed by atoms with Crippen LogP contribution < -0.4 is 29.6 Å². The van der Waals surface area contributed by atoms with Crippen molar-refractivity contribution in [2.45, 2.75) is 40.0 Å². The predicted molar refractivity (Wildman–Crippen MR) is 211 cm³/mol. The molecule has 4 aromatic carbocycles. The number of rotatable bonds is 17. The number of carbonyl (C=O) groups is 4. The Morgan fingerprint density at radius 3 is 1.20 bits per heavy atom. The highest BCUT2D eigenvalue weighted by Gasteiger charge is 2.34. The summed E-state index contributed by atoms with van der Waals surface area (Å²) in [6, 6.07) is 13.4. The van der Waals surface area contributed by atoms with Gasteiger partial charge in [0.05, 0.1) is 36.5 Å². The number of anilines is 2. The number of carbonyl (C=O) groups excluding carboxylic acids is 4. The molecular weight excluding hydrogens is 802 g/mol. The van der Waals surface area contributed by atoms with Gasteiger partial charge in [0.15, 0.2) is 36.2 Å². The summed E-state index contributed by atoms with van der Waals surface area (Å²) in [6.45, 7) is 6.19. The molecule has 0 atom stereocenters. The van der Waals surface area contributed by atoms with Crippen LogP contribution in [0.2, 0.25) is 0 Å². The second-order valence-electron chi connectivity index (χ2n) is 12.8. The predicted octanol–water partition coefficient (Wildman–Crippen LogP) is 8.41. The number of nitrogens with one attached hydrogen (secondary N) is 2. The van der Waals surface area contributed by atoms with Crippen molar-refractivity contribution in [2.75, 3.05) is 64.2 Å². The van der Waals surface area contributed by atoms with E-state index in [4.69, 9.17) is 18.9 Å². The lowest BCUT2D eigenvalue weighted by Gasteiger charge is -2.27. The van der Waals surface area contributed by atoms with Crippen LogP contribution in [0.5, 0.6) is 23.0 Å². The van der Waals surface area contributed by atoms with Crippen molar-refractivity contribution in [3.05, 3.63) is 95.1 Å². The van der Waals surface area contributed by atoms with E-state index in [1.54, 1.807) is 27.7 Å². The van der Waals surface area contributed by atoms with E-state index in [0.717, 1.165) is 36.4 Å². The van der Waals surface area contributed by atoms with Crippen LogP contribution in [-0.4, -0.2) is 87.0 Å². The van der Waals surface area contributed by atoms with Crippen molar-refractivity contribution < 1.29 is 64.5 Å².